The summed E-state index contributed by atoms with van der Waals surface area (Å²) in [6.07, 6.45) is 0. The zero-order valence-corrected chi connectivity index (χ0v) is 11.9. The van der Waals surface area contributed by atoms with Crippen LogP contribution in [0.15, 0.2) is 41.3 Å². The lowest BCUT2D eigenvalue weighted by Gasteiger charge is -2.12. The maximum absolute atomic E-state index is 13.1. The van der Waals surface area contributed by atoms with Gasteiger partial charge in [-0.25, -0.2) is 17.9 Å². The molecule has 0 radical (unpaired) electrons. The van der Waals surface area contributed by atoms with Crippen LogP contribution >= 0.6 is 0 Å². The van der Waals surface area contributed by atoms with E-state index in [1.807, 2.05) is 0 Å². The molecule has 0 heterocycles. The first kappa shape index (κ1) is 15.1. The predicted molar refractivity (Wildman–Crippen MR) is 78.5 cm³/mol. The topological polar surface area (TPSA) is 107 Å². The number of methoxy groups -OCH3 is 1. The Hall–Kier alpha value is -2.32. The van der Waals surface area contributed by atoms with Crippen LogP contribution in [0.4, 0.5) is 21.5 Å². The molecule has 5 N–H and O–H groups in total. The first-order chi connectivity index (χ1) is 9.81. The molecule has 0 spiro atoms. The highest BCUT2D eigenvalue weighted by Gasteiger charge is 2.13. The molecule has 6 nitrogen and oxygen atoms in total. The second-order valence-electron chi connectivity index (χ2n) is 4.27. The molecule has 0 saturated carbocycles. The summed E-state index contributed by atoms with van der Waals surface area (Å²) < 4.78 is 40.7. The predicted octanol–water partition coefficient (Wildman–Crippen LogP) is 1.81. The summed E-state index contributed by atoms with van der Waals surface area (Å²) >= 11 is 0. The van der Waals surface area contributed by atoms with E-state index in [9.17, 15) is 12.8 Å². The highest BCUT2D eigenvalue weighted by atomic mass is 32.2. The molecule has 0 aliphatic carbocycles. The second-order valence-corrected chi connectivity index (χ2v) is 5.80. The lowest BCUT2D eigenvalue weighted by atomic mass is 10.2. The number of hydrogen-bond acceptors (Lipinski definition) is 5. The van der Waals surface area contributed by atoms with E-state index in [0.717, 1.165) is 0 Å². The molecule has 0 fully saturated rings. The monoisotopic (exact) mass is 311 g/mol. The average molecular weight is 311 g/mol. The third-order valence-corrected chi connectivity index (χ3v) is 3.74. The van der Waals surface area contributed by atoms with Gasteiger partial charge in [-0.15, -0.1) is 0 Å². The summed E-state index contributed by atoms with van der Waals surface area (Å²) in [6, 6.07) is 8.21. The lowest BCUT2D eigenvalue weighted by molar-refractivity contribution is 0.413. The molecule has 2 rings (SSSR count). The lowest BCUT2D eigenvalue weighted by Crippen LogP contribution is -2.14. The van der Waals surface area contributed by atoms with Gasteiger partial charge in [-0.2, -0.15) is 0 Å². The van der Waals surface area contributed by atoms with Gasteiger partial charge in [-0.3, -0.25) is 0 Å². The Morgan fingerprint density at radius 1 is 1.19 bits per heavy atom. The SMILES string of the molecule is COc1cc(F)ccc1Nc1ccc(S(N)(=O)=O)c(N)c1. The summed E-state index contributed by atoms with van der Waals surface area (Å²) in [4.78, 5) is -0.154. The molecule has 0 aliphatic heterocycles. The van der Waals surface area contributed by atoms with E-state index in [-0.39, 0.29) is 10.6 Å². The van der Waals surface area contributed by atoms with E-state index in [1.54, 1.807) is 0 Å². The van der Waals surface area contributed by atoms with E-state index >= 15 is 0 Å². The molecule has 0 unspecified atom stereocenters. The molecular formula is C13H14FN3O3S. The van der Waals surface area contributed by atoms with Crippen molar-refractivity contribution in [3.8, 4) is 5.75 Å². The van der Waals surface area contributed by atoms with Crippen molar-refractivity contribution in [2.24, 2.45) is 5.14 Å². The number of sulfonamides is 1. The number of nitrogens with two attached hydrogens (primary N) is 2. The average Bonchev–Trinajstić information content (AvgIpc) is 2.39. The second kappa shape index (κ2) is 5.58. The number of nitrogen functional groups attached to an aromatic ring is 1. The van der Waals surface area contributed by atoms with E-state index in [1.165, 1.54) is 43.5 Å². The minimum Gasteiger partial charge on any atom is -0.494 e. The quantitative estimate of drug-likeness (QED) is 0.746. The minimum atomic E-state index is -3.87. The van der Waals surface area contributed by atoms with Crippen molar-refractivity contribution >= 4 is 27.1 Å². The van der Waals surface area contributed by atoms with Crippen LogP contribution in [0.2, 0.25) is 0 Å². The summed E-state index contributed by atoms with van der Waals surface area (Å²) in [5.41, 5.74) is 6.72. The van der Waals surface area contributed by atoms with E-state index in [4.69, 9.17) is 15.6 Å². The number of ether oxygens (including phenoxy) is 1. The van der Waals surface area contributed by atoms with Crippen LogP contribution in [-0.4, -0.2) is 15.5 Å². The molecule has 0 saturated heterocycles. The van der Waals surface area contributed by atoms with Gasteiger partial charge < -0.3 is 15.8 Å². The van der Waals surface area contributed by atoms with Crippen LogP contribution in [0.25, 0.3) is 0 Å². The molecular weight excluding hydrogens is 297 g/mol. The third kappa shape index (κ3) is 3.41. The normalized spacial score (nSPS) is 11.2. The summed E-state index contributed by atoms with van der Waals surface area (Å²) in [5, 5.41) is 8.00. The van der Waals surface area contributed by atoms with Crippen molar-refractivity contribution in [2.45, 2.75) is 4.90 Å². The fraction of sp³-hybridized carbons (Fsp3) is 0.0769. The number of benzene rings is 2. The van der Waals surface area contributed by atoms with Crippen molar-refractivity contribution in [1.29, 1.82) is 0 Å². The van der Waals surface area contributed by atoms with Crippen LogP contribution < -0.4 is 20.9 Å². The summed E-state index contributed by atoms with van der Waals surface area (Å²) in [6.45, 7) is 0. The number of hydrogen-bond donors (Lipinski definition) is 3. The van der Waals surface area contributed by atoms with Gasteiger partial charge in [-0.05, 0) is 30.3 Å². The van der Waals surface area contributed by atoms with Gasteiger partial charge in [0.1, 0.15) is 16.5 Å². The Labute approximate surface area is 121 Å². The molecule has 2 aromatic carbocycles. The van der Waals surface area contributed by atoms with Crippen molar-refractivity contribution < 1.29 is 17.5 Å². The number of primary sulfonamides is 1. The number of halogens is 1. The van der Waals surface area contributed by atoms with E-state index < -0.39 is 15.8 Å². The molecule has 0 aliphatic rings. The Morgan fingerprint density at radius 3 is 2.48 bits per heavy atom. The first-order valence-electron chi connectivity index (χ1n) is 5.84. The van der Waals surface area contributed by atoms with Crippen molar-refractivity contribution in [3.63, 3.8) is 0 Å². The number of nitrogens with one attached hydrogen (secondary N) is 1. The Morgan fingerprint density at radius 2 is 1.90 bits per heavy atom. The Kier molecular flexibility index (Phi) is 4.01. The Balaban J connectivity index is 2.35. The van der Waals surface area contributed by atoms with Crippen LogP contribution in [-0.2, 0) is 10.0 Å². The van der Waals surface area contributed by atoms with Crippen molar-refractivity contribution in [1.82, 2.24) is 0 Å². The largest absolute Gasteiger partial charge is 0.494 e. The summed E-state index contributed by atoms with van der Waals surface area (Å²) in [5.74, 6) is -0.120. The van der Waals surface area contributed by atoms with Gasteiger partial charge in [-0.1, -0.05) is 0 Å². The standard InChI is InChI=1S/C13H14FN3O3S/c1-20-12-6-8(14)2-4-11(12)17-9-3-5-13(10(15)7-9)21(16,18)19/h2-7,17H,15H2,1H3,(H2,16,18,19). The van der Waals surface area contributed by atoms with Gasteiger partial charge in [0.25, 0.3) is 0 Å². The van der Waals surface area contributed by atoms with Gasteiger partial charge in [0.05, 0.1) is 18.5 Å². The van der Waals surface area contributed by atoms with Crippen molar-refractivity contribution in [2.75, 3.05) is 18.2 Å². The van der Waals surface area contributed by atoms with Crippen LogP contribution in [0.5, 0.6) is 5.75 Å². The van der Waals surface area contributed by atoms with Gasteiger partial charge in [0, 0.05) is 11.8 Å². The molecule has 112 valence electrons. The van der Waals surface area contributed by atoms with Crippen LogP contribution in [0.1, 0.15) is 0 Å². The highest BCUT2D eigenvalue weighted by Crippen LogP contribution is 2.30. The van der Waals surface area contributed by atoms with Gasteiger partial charge in [0.2, 0.25) is 10.0 Å². The highest BCUT2D eigenvalue weighted by molar-refractivity contribution is 7.89. The maximum Gasteiger partial charge on any atom is 0.240 e. The van der Waals surface area contributed by atoms with Crippen LogP contribution in [0.3, 0.4) is 0 Å². The molecule has 0 atom stereocenters. The van der Waals surface area contributed by atoms with E-state index in [2.05, 4.69) is 5.32 Å². The van der Waals surface area contributed by atoms with E-state index in [0.29, 0.717) is 17.1 Å². The molecule has 0 amide bonds. The maximum atomic E-state index is 13.1. The number of anilines is 3. The Bertz CT molecular complexity index is 778. The zero-order chi connectivity index (χ0) is 15.6. The smallest absolute Gasteiger partial charge is 0.240 e. The number of rotatable bonds is 4. The van der Waals surface area contributed by atoms with Crippen LogP contribution in [0, 0.1) is 5.82 Å². The van der Waals surface area contributed by atoms with Crippen molar-refractivity contribution in [3.05, 3.63) is 42.2 Å². The first-order valence-corrected chi connectivity index (χ1v) is 7.39. The zero-order valence-electron chi connectivity index (χ0n) is 11.1. The molecule has 0 aromatic heterocycles. The summed E-state index contributed by atoms with van der Waals surface area (Å²) in [7, 11) is -2.45. The van der Waals surface area contributed by atoms with Gasteiger partial charge >= 0.3 is 0 Å². The molecule has 8 heteroatoms. The molecule has 0 bridgehead atoms. The van der Waals surface area contributed by atoms with Gasteiger partial charge in [0.15, 0.2) is 0 Å². The molecule has 2 aromatic rings. The fourth-order valence-corrected chi connectivity index (χ4v) is 2.45. The minimum absolute atomic E-state index is 0.0172. The molecule has 21 heavy (non-hydrogen) atoms. The third-order valence-electron chi connectivity index (χ3n) is 2.76. The fourth-order valence-electron chi connectivity index (χ4n) is 1.81.